The predicted octanol–water partition coefficient (Wildman–Crippen LogP) is 1.29. The van der Waals surface area contributed by atoms with E-state index in [1.807, 2.05) is 0 Å². The van der Waals surface area contributed by atoms with E-state index in [0.29, 0.717) is 17.2 Å². The monoisotopic (exact) mass is 289 g/mol. The number of rotatable bonds is 3. The molecular formula is C12H11N5O4. The number of aryl methyl sites for hydroxylation is 1. The van der Waals surface area contributed by atoms with Crippen molar-refractivity contribution in [1.29, 1.82) is 0 Å². The number of nitrogens with two attached hydrogens (primary N) is 1. The van der Waals surface area contributed by atoms with E-state index in [1.54, 1.807) is 13.1 Å². The van der Waals surface area contributed by atoms with Gasteiger partial charge >= 0.3 is 0 Å². The third-order valence-electron chi connectivity index (χ3n) is 2.87. The largest absolute Gasteiger partial charge is 0.454 e. The third-order valence-corrected chi connectivity index (χ3v) is 2.87. The molecule has 0 bridgehead atoms. The molecule has 3 rings (SSSR count). The Morgan fingerprint density at radius 2 is 2.19 bits per heavy atom. The van der Waals surface area contributed by atoms with Crippen LogP contribution in [-0.4, -0.2) is 27.6 Å². The van der Waals surface area contributed by atoms with Crippen LogP contribution in [0.15, 0.2) is 23.4 Å². The van der Waals surface area contributed by atoms with Gasteiger partial charge in [0.15, 0.2) is 11.5 Å². The molecule has 9 heteroatoms. The van der Waals surface area contributed by atoms with Gasteiger partial charge in [-0.2, -0.15) is 5.10 Å². The van der Waals surface area contributed by atoms with Gasteiger partial charge in [-0.15, -0.1) is 0 Å². The standard InChI is InChI=1S/C12H11N5O4/c1-7-5-16(12(13)15-7)14-4-8-2-10-11(21-6-20-10)3-9(8)17(18)19/h2-5H,6H2,1H3,(H2,13,15). The Bertz CT molecular complexity index is 752. The van der Waals surface area contributed by atoms with Crippen LogP contribution in [0.3, 0.4) is 0 Å². The fourth-order valence-electron chi connectivity index (χ4n) is 1.93. The van der Waals surface area contributed by atoms with Crippen molar-refractivity contribution in [2.24, 2.45) is 5.10 Å². The van der Waals surface area contributed by atoms with Crippen molar-refractivity contribution in [2.75, 3.05) is 12.5 Å². The van der Waals surface area contributed by atoms with Gasteiger partial charge < -0.3 is 15.2 Å². The summed E-state index contributed by atoms with van der Waals surface area (Å²) in [6.45, 7) is 1.81. The molecule has 1 aromatic carbocycles. The molecule has 0 unspecified atom stereocenters. The first-order chi connectivity index (χ1) is 10.0. The second-order valence-corrected chi connectivity index (χ2v) is 4.35. The number of anilines is 1. The molecule has 2 aromatic rings. The highest BCUT2D eigenvalue weighted by atomic mass is 16.7. The minimum Gasteiger partial charge on any atom is -0.454 e. The van der Waals surface area contributed by atoms with Crippen LogP contribution in [0.4, 0.5) is 11.6 Å². The molecule has 1 aliphatic rings. The Labute approximate surface area is 118 Å². The number of imidazole rings is 1. The number of hydrogen-bond donors (Lipinski definition) is 1. The van der Waals surface area contributed by atoms with Crippen LogP contribution in [-0.2, 0) is 0 Å². The first-order valence-corrected chi connectivity index (χ1v) is 5.98. The number of nitro groups is 1. The van der Waals surface area contributed by atoms with E-state index >= 15 is 0 Å². The number of nitrogens with zero attached hydrogens (tertiary/aromatic N) is 4. The first-order valence-electron chi connectivity index (χ1n) is 5.98. The predicted molar refractivity (Wildman–Crippen MR) is 73.6 cm³/mol. The summed E-state index contributed by atoms with van der Waals surface area (Å²) < 4.78 is 11.7. The maximum absolute atomic E-state index is 11.1. The van der Waals surface area contributed by atoms with Gasteiger partial charge in [-0.3, -0.25) is 10.1 Å². The lowest BCUT2D eigenvalue weighted by Gasteiger charge is -2.01. The number of benzene rings is 1. The van der Waals surface area contributed by atoms with E-state index in [1.165, 1.54) is 23.0 Å². The highest BCUT2D eigenvalue weighted by molar-refractivity contribution is 5.87. The van der Waals surface area contributed by atoms with E-state index in [4.69, 9.17) is 15.2 Å². The van der Waals surface area contributed by atoms with Gasteiger partial charge in [0.05, 0.1) is 34.7 Å². The molecule has 21 heavy (non-hydrogen) atoms. The quantitative estimate of drug-likeness (QED) is 0.516. The summed E-state index contributed by atoms with van der Waals surface area (Å²) in [4.78, 5) is 14.6. The highest BCUT2D eigenvalue weighted by Gasteiger charge is 2.22. The van der Waals surface area contributed by atoms with E-state index in [0.717, 1.165) is 0 Å². The minimum absolute atomic E-state index is 0.0424. The van der Waals surface area contributed by atoms with Crippen molar-refractivity contribution in [3.05, 3.63) is 39.7 Å². The molecule has 9 nitrogen and oxygen atoms in total. The van der Waals surface area contributed by atoms with Crippen LogP contribution in [0.2, 0.25) is 0 Å². The summed E-state index contributed by atoms with van der Waals surface area (Å²) in [6, 6.07) is 2.82. The summed E-state index contributed by atoms with van der Waals surface area (Å²) in [7, 11) is 0. The minimum atomic E-state index is -0.508. The molecule has 0 saturated heterocycles. The molecular weight excluding hydrogens is 278 g/mol. The Morgan fingerprint density at radius 3 is 2.81 bits per heavy atom. The van der Waals surface area contributed by atoms with Gasteiger partial charge in [-0.25, -0.2) is 9.66 Å². The van der Waals surface area contributed by atoms with Crippen molar-refractivity contribution in [3.8, 4) is 11.5 Å². The molecule has 0 saturated carbocycles. The van der Waals surface area contributed by atoms with Crippen molar-refractivity contribution in [1.82, 2.24) is 9.66 Å². The summed E-state index contributed by atoms with van der Waals surface area (Å²) >= 11 is 0. The molecule has 0 spiro atoms. The molecule has 108 valence electrons. The van der Waals surface area contributed by atoms with Gasteiger partial charge in [-0.1, -0.05) is 0 Å². The number of nitrogen functional groups attached to an aromatic ring is 1. The third kappa shape index (κ3) is 2.36. The molecule has 0 aliphatic carbocycles. The van der Waals surface area contributed by atoms with Gasteiger partial charge in [0.25, 0.3) is 5.69 Å². The Morgan fingerprint density at radius 1 is 1.48 bits per heavy atom. The summed E-state index contributed by atoms with van der Waals surface area (Å²) in [6.07, 6.45) is 2.95. The van der Waals surface area contributed by atoms with E-state index in [-0.39, 0.29) is 24.0 Å². The first kappa shape index (κ1) is 12.9. The lowest BCUT2D eigenvalue weighted by Crippen LogP contribution is -1.99. The SMILES string of the molecule is Cc1cn(N=Cc2cc3c(cc2[N+](=O)[O-])OCO3)c(N)n1. The van der Waals surface area contributed by atoms with Gasteiger partial charge in [0.2, 0.25) is 12.7 Å². The maximum atomic E-state index is 11.1. The number of ether oxygens (including phenoxy) is 2. The van der Waals surface area contributed by atoms with Crippen molar-refractivity contribution in [2.45, 2.75) is 6.92 Å². The molecule has 2 heterocycles. The van der Waals surface area contributed by atoms with E-state index in [9.17, 15) is 10.1 Å². The van der Waals surface area contributed by atoms with Crippen molar-refractivity contribution in [3.63, 3.8) is 0 Å². The number of fused-ring (bicyclic) bond motifs is 1. The van der Waals surface area contributed by atoms with Crippen LogP contribution in [0, 0.1) is 17.0 Å². The second-order valence-electron chi connectivity index (χ2n) is 4.35. The van der Waals surface area contributed by atoms with Crippen LogP contribution in [0.1, 0.15) is 11.3 Å². The topological polar surface area (TPSA) is 118 Å². The average molecular weight is 289 g/mol. The van der Waals surface area contributed by atoms with Gasteiger partial charge in [0.1, 0.15) is 0 Å². The van der Waals surface area contributed by atoms with Crippen molar-refractivity contribution >= 4 is 17.9 Å². The van der Waals surface area contributed by atoms with E-state index in [2.05, 4.69) is 10.1 Å². The van der Waals surface area contributed by atoms with Gasteiger partial charge in [0, 0.05) is 0 Å². The molecule has 0 radical (unpaired) electrons. The molecule has 0 amide bonds. The number of aromatic nitrogens is 2. The molecule has 0 atom stereocenters. The van der Waals surface area contributed by atoms with Crippen molar-refractivity contribution < 1.29 is 14.4 Å². The fourth-order valence-corrected chi connectivity index (χ4v) is 1.93. The van der Waals surface area contributed by atoms with Crippen LogP contribution in [0.5, 0.6) is 11.5 Å². The molecule has 0 fully saturated rings. The van der Waals surface area contributed by atoms with Crippen LogP contribution < -0.4 is 15.2 Å². The maximum Gasteiger partial charge on any atom is 0.282 e. The summed E-state index contributed by atoms with van der Waals surface area (Å²) in [5.74, 6) is 0.987. The Balaban J connectivity index is 2.01. The van der Waals surface area contributed by atoms with Gasteiger partial charge in [-0.05, 0) is 13.0 Å². The lowest BCUT2D eigenvalue weighted by atomic mass is 10.1. The zero-order valence-electron chi connectivity index (χ0n) is 11.0. The second kappa shape index (κ2) is 4.78. The highest BCUT2D eigenvalue weighted by Crippen LogP contribution is 2.37. The zero-order chi connectivity index (χ0) is 15.0. The Hall–Kier alpha value is -3.10. The summed E-state index contributed by atoms with van der Waals surface area (Å²) in [5, 5.41) is 15.2. The summed E-state index contributed by atoms with van der Waals surface area (Å²) in [5.41, 5.74) is 6.51. The molecule has 1 aliphatic heterocycles. The molecule has 2 N–H and O–H groups in total. The normalized spacial score (nSPS) is 13.0. The smallest absolute Gasteiger partial charge is 0.282 e. The zero-order valence-corrected chi connectivity index (χ0v) is 11.0. The number of nitro benzene ring substituents is 1. The van der Waals surface area contributed by atoms with Crippen LogP contribution in [0.25, 0.3) is 0 Å². The fraction of sp³-hybridized carbons (Fsp3) is 0.167. The molecule has 1 aromatic heterocycles. The average Bonchev–Trinajstić information content (AvgIpc) is 3.00. The number of hydrogen-bond acceptors (Lipinski definition) is 7. The lowest BCUT2D eigenvalue weighted by molar-refractivity contribution is -0.385. The Kier molecular flexibility index (Phi) is 2.94. The van der Waals surface area contributed by atoms with Crippen LogP contribution >= 0.6 is 0 Å². The van der Waals surface area contributed by atoms with E-state index < -0.39 is 4.92 Å².